The normalized spacial score (nSPS) is 10.5. The van der Waals surface area contributed by atoms with Gasteiger partial charge in [0.15, 0.2) is 11.6 Å². The van der Waals surface area contributed by atoms with Crippen molar-refractivity contribution < 1.29 is 14.1 Å². The van der Waals surface area contributed by atoms with Gasteiger partial charge in [-0.25, -0.2) is 4.39 Å². The molecule has 0 aliphatic carbocycles. The molecule has 2 rings (SSSR count). The summed E-state index contributed by atoms with van der Waals surface area (Å²) in [5.41, 5.74) is 0.820. The summed E-state index contributed by atoms with van der Waals surface area (Å²) in [6, 6.07) is 7.16. The van der Waals surface area contributed by atoms with E-state index in [-0.39, 0.29) is 11.4 Å². The summed E-state index contributed by atoms with van der Waals surface area (Å²) in [5.74, 6) is -0.484. The molecule has 0 N–H and O–H groups in total. The van der Waals surface area contributed by atoms with Gasteiger partial charge in [-0.1, -0.05) is 33.6 Å². The van der Waals surface area contributed by atoms with Gasteiger partial charge in [-0.05, 0) is 25.1 Å². The molecule has 0 bridgehead atoms. The van der Waals surface area contributed by atoms with Crippen molar-refractivity contribution in [3.8, 4) is 11.5 Å². The van der Waals surface area contributed by atoms with Crippen LogP contribution in [0.2, 0.25) is 5.02 Å². The summed E-state index contributed by atoms with van der Waals surface area (Å²) in [6.07, 6.45) is 0. The number of hydrogen-bond acceptors (Lipinski definition) is 3. The number of nitrogens with zero attached hydrogens (tertiary/aromatic N) is 1. The predicted molar refractivity (Wildman–Crippen MR) is 81.9 cm³/mol. The third-order valence-corrected chi connectivity index (χ3v) is 3.68. The molecule has 0 spiro atoms. The highest BCUT2D eigenvalue weighted by molar-refractivity contribution is 9.08. The second-order valence-electron chi connectivity index (χ2n) is 4.31. The number of benzene rings is 2. The molecule has 0 saturated heterocycles. The van der Waals surface area contributed by atoms with Crippen LogP contribution in [0.4, 0.5) is 10.1 Å². The summed E-state index contributed by atoms with van der Waals surface area (Å²) < 4.78 is 19.5. The zero-order chi connectivity index (χ0) is 15.6. The van der Waals surface area contributed by atoms with Crippen LogP contribution < -0.4 is 4.74 Å². The van der Waals surface area contributed by atoms with E-state index in [4.69, 9.17) is 16.3 Å². The van der Waals surface area contributed by atoms with Gasteiger partial charge in [-0.15, -0.1) is 0 Å². The molecule has 0 aliphatic heterocycles. The van der Waals surface area contributed by atoms with E-state index in [0.717, 1.165) is 11.6 Å². The fourth-order valence-corrected chi connectivity index (χ4v) is 2.40. The number of alkyl halides is 1. The van der Waals surface area contributed by atoms with E-state index < -0.39 is 10.7 Å². The van der Waals surface area contributed by atoms with Gasteiger partial charge >= 0.3 is 0 Å². The van der Waals surface area contributed by atoms with Crippen LogP contribution in [-0.4, -0.2) is 4.92 Å². The molecule has 0 amide bonds. The number of halogens is 3. The zero-order valence-electron chi connectivity index (χ0n) is 10.9. The Labute approximate surface area is 133 Å². The Bertz CT molecular complexity index is 709. The van der Waals surface area contributed by atoms with Gasteiger partial charge in [0.1, 0.15) is 5.75 Å². The van der Waals surface area contributed by atoms with Gasteiger partial charge in [-0.2, -0.15) is 0 Å². The molecule has 7 heteroatoms. The summed E-state index contributed by atoms with van der Waals surface area (Å²) in [7, 11) is 0. The fraction of sp³-hybridized carbons (Fsp3) is 0.143. The van der Waals surface area contributed by atoms with E-state index >= 15 is 0 Å². The van der Waals surface area contributed by atoms with E-state index in [1.54, 1.807) is 18.2 Å². The Balaban J connectivity index is 2.43. The van der Waals surface area contributed by atoms with E-state index in [2.05, 4.69) is 15.9 Å². The minimum Gasteiger partial charge on any atom is -0.454 e. The maximum Gasteiger partial charge on any atom is 0.275 e. The van der Waals surface area contributed by atoms with Crippen LogP contribution in [0.5, 0.6) is 11.5 Å². The quantitative estimate of drug-likeness (QED) is 0.410. The lowest BCUT2D eigenvalue weighted by Crippen LogP contribution is -1.97. The third-order valence-electron chi connectivity index (χ3n) is 2.84. The first-order valence-corrected chi connectivity index (χ1v) is 7.39. The van der Waals surface area contributed by atoms with Gasteiger partial charge in [-0.3, -0.25) is 10.1 Å². The Morgan fingerprint density at radius 2 is 2.05 bits per heavy atom. The summed E-state index contributed by atoms with van der Waals surface area (Å²) in [4.78, 5) is 10.1. The van der Waals surface area contributed by atoms with E-state index in [9.17, 15) is 14.5 Å². The SMILES string of the molecule is Cc1cc(Oc2cc(Cl)ccc2CBr)c(F)cc1[N+](=O)[O-]. The highest BCUT2D eigenvalue weighted by Gasteiger charge is 2.17. The highest BCUT2D eigenvalue weighted by Crippen LogP contribution is 2.34. The molecular weight excluding hydrogens is 365 g/mol. The van der Waals surface area contributed by atoms with Crippen LogP contribution >= 0.6 is 27.5 Å². The minimum atomic E-state index is -0.798. The Morgan fingerprint density at radius 1 is 1.33 bits per heavy atom. The van der Waals surface area contributed by atoms with Crippen LogP contribution in [0.1, 0.15) is 11.1 Å². The van der Waals surface area contributed by atoms with Crippen molar-refractivity contribution in [3.05, 3.63) is 62.4 Å². The summed E-state index contributed by atoms with van der Waals surface area (Å²) in [6.45, 7) is 1.52. The molecule has 0 heterocycles. The van der Waals surface area contributed by atoms with Crippen LogP contribution in [0, 0.1) is 22.9 Å². The van der Waals surface area contributed by atoms with Gasteiger partial charge in [0.2, 0.25) is 0 Å². The Hall–Kier alpha value is -1.66. The molecule has 110 valence electrons. The van der Waals surface area contributed by atoms with Gasteiger partial charge in [0.05, 0.1) is 11.0 Å². The molecule has 0 saturated carbocycles. The first kappa shape index (κ1) is 15.7. The average Bonchev–Trinajstić information content (AvgIpc) is 2.42. The third kappa shape index (κ3) is 3.51. The lowest BCUT2D eigenvalue weighted by Gasteiger charge is -2.11. The van der Waals surface area contributed by atoms with Crippen molar-refractivity contribution in [2.24, 2.45) is 0 Å². The molecule has 0 atom stereocenters. The van der Waals surface area contributed by atoms with Crippen LogP contribution in [0.25, 0.3) is 0 Å². The van der Waals surface area contributed by atoms with Gasteiger partial charge < -0.3 is 4.74 Å². The molecule has 0 aliphatic rings. The molecular formula is C14H10BrClFNO3. The van der Waals surface area contributed by atoms with Crippen LogP contribution in [0.3, 0.4) is 0 Å². The summed E-state index contributed by atoms with van der Waals surface area (Å²) in [5, 5.41) is 11.7. The van der Waals surface area contributed by atoms with Gasteiger partial charge in [0.25, 0.3) is 5.69 Å². The monoisotopic (exact) mass is 373 g/mol. The van der Waals surface area contributed by atoms with Gasteiger partial charge in [0, 0.05) is 21.5 Å². The van der Waals surface area contributed by atoms with Crippen molar-refractivity contribution in [1.29, 1.82) is 0 Å². The average molecular weight is 375 g/mol. The lowest BCUT2D eigenvalue weighted by molar-refractivity contribution is -0.385. The highest BCUT2D eigenvalue weighted by atomic mass is 79.9. The van der Waals surface area contributed by atoms with Crippen LogP contribution in [0.15, 0.2) is 30.3 Å². The minimum absolute atomic E-state index is 0.0810. The zero-order valence-corrected chi connectivity index (χ0v) is 13.2. The Morgan fingerprint density at radius 3 is 2.67 bits per heavy atom. The molecule has 0 radical (unpaired) electrons. The molecule has 0 fully saturated rings. The second kappa shape index (κ2) is 6.41. The van der Waals surface area contributed by atoms with E-state index in [1.807, 2.05) is 0 Å². The second-order valence-corrected chi connectivity index (χ2v) is 5.31. The summed E-state index contributed by atoms with van der Waals surface area (Å²) >= 11 is 9.20. The van der Waals surface area contributed by atoms with E-state index in [0.29, 0.717) is 21.7 Å². The standard InChI is InChI=1S/C14H10BrClFNO3/c1-8-4-14(11(17)6-12(8)18(19)20)21-13-5-10(16)3-2-9(13)7-15/h2-6H,7H2,1H3. The smallest absolute Gasteiger partial charge is 0.275 e. The number of ether oxygens (including phenoxy) is 1. The molecule has 0 aromatic heterocycles. The molecule has 4 nitrogen and oxygen atoms in total. The topological polar surface area (TPSA) is 52.4 Å². The number of rotatable bonds is 4. The number of nitro benzene ring substituents is 1. The van der Waals surface area contributed by atoms with Crippen molar-refractivity contribution in [1.82, 2.24) is 0 Å². The van der Waals surface area contributed by atoms with Crippen molar-refractivity contribution in [3.63, 3.8) is 0 Å². The van der Waals surface area contributed by atoms with Crippen molar-refractivity contribution in [2.75, 3.05) is 0 Å². The molecule has 2 aromatic rings. The predicted octanol–water partition coefficient (Wildman–Crippen LogP) is 5.38. The molecule has 21 heavy (non-hydrogen) atoms. The van der Waals surface area contributed by atoms with Crippen molar-refractivity contribution in [2.45, 2.75) is 12.3 Å². The van der Waals surface area contributed by atoms with E-state index in [1.165, 1.54) is 13.0 Å². The number of hydrogen-bond donors (Lipinski definition) is 0. The van der Waals surface area contributed by atoms with Crippen LogP contribution in [-0.2, 0) is 5.33 Å². The lowest BCUT2D eigenvalue weighted by atomic mass is 10.2. The first-order valence-electron chi connectivity index (χ1n) is 5.89. The first-order chi connectivity index (χ1) is 9.92. The number of nitro groups is 1. The molecule has 2 aromatic carbocycles. The van der Waals surface area contributed by atoms with Crippen molar-refractivity contribution >= 4 is 33.2 Å². The molecule has 0 unspecified atom stereocenters. The largest absolute Gasteiger partial charge is 0.454 e. The maximum absolute atomic E-state index is 13.9. The fourth-order valence-electron chi connectivity index (χ4n) is 1.77. The number of aryl methyl sites for hydroxylation is 1. The maximum atomic E-state index is 13.9. The Kier molecular flexibility index (Phi) is 4.80.